The molecule has 1 aromatic heterocycles. The highest BCUT2D eigenvalue weighted by molar-refractivity contribution is 7.89. The Morgan fingerprint density at radius 3 is 2.50 bits per heavy atom. The summed E-state index contributed by atoms with van der Waals surface area (Å²) in [7, 11) is -2.33. The first kappa shape index (κ1) is 19.6. The zero-order valence-electron chi connectivity index (χ0n) is 14.6. The first-order valence-electron chi connectivity index (χ1n) is 7.79. The molecule has 2 amide bonds. The molecule has 0 aliphatic carbocycles. The molecule has 0 fully saturated rings. The number of carbonyl (C=O) groups is 2. The molecule has 2 rings (SSSR count). The molecule has 3 N–H and O–H groups in total. The molecule has 0 aliphatic rings. The van der Waals surface area contributed by atoms with Gasteiger partial charge >= 0.3 is 0 Å². The Bertz CT molecular complexity index is 901. The summed E-state index contributed by atoms with van der Waals surface area (Å²) in [6.07, 6.45) is -0.106. The monoisotopic (exact) mass is 380 g/mol. The van der Waals surface area contributed by atoms with Crippen LogP contribution in [-0.4, -0.2) is 39.0 Å². The van der Waals surface area contributed by atoms with Gasteiger partial charge in [0.1, 0.15) is 10.6 Å². The van der Waals surface area contributed by atoms with E-state index in [9.17, 15) is 18.0 Å². The number of hydrogen-bond donors (Lipinski definition) is 3. The van der Waals surface area contributed by atoms with Crippen LogP contribution in [0.15, 0.2) is 33.7 Å². The number of benzene rings is 1. The molecule has 9 nitrogen and oxygen atoms in total. The van der Waals surface area contributed by atoms with Crippen LogP contribution in [0.4, 0.5) is 5.69 Å². The number of hydrogen-bond acceptors (Lipinski definition) is 6. The van der Waals surface area contributed by atoms with Crippen molar-refractivity contribution in [2.45, 2.75) is 25.2 Å². The summed E-state index contributed by atoms with van der Waals surface area (Å²) >= 11 is 0. The topological polar surface area (TPSA) is 130 Å². The van der Waals surface area contributed by atoms with Crippen LogP contribution in [0.25, 0.3) is 0 Å². The van der Waals surface area contributed by atoms with Crippen LogP contribution in [-0.2, 0) is 14.8 Å². The summed E-state index contributed by atoms with van der Waals surface area (Å²) < 4.78 is 31.7. The molecule has 0 spiro atoms. The molecule has 2 aromatic rings. The second-order valence-electron chi connectivity index (χ2n) is 5.47. The number of sulfonamides is 1. The van der Waals surface area contributed by atoms with Gasteiger partial charge in [-0.1, -0.05) is 17.3 Å². The highest BCUT2D eigenvalue weighted by Crippen LogP contribution is 2.18. The van der Waals surface area contributed by atoms with Crippen LogP contribution in [0.3, 0.4) is 0 Å². The number of aryl methyl sites for hydroxylation is 2. The second kappa shape index (κ2) is 8.11. The zero-order valence-corrected chi connectivity index (χ0v) is 15.4. The summed E-state index contributed by atoms with van der Waals surface area (Å²) in [5.41, 5.74) is 0.920. The van der Waals surface area contributed by atoms with E-state index in [1.807, 2.05) is 0 Å². The smallest absolute Gasteiger partial charge is 0.253 e. The van der Waals surface area contributed by atoms with Crippen LogP contribution >= 0.6 is 0 Å². The molecule has 0 saturated carbocycles. The highest BCUT2D eigenvalue weighted by Gasteiger charge is 2.24. The highest BCUT2D eigenvalue weighted by atomic mass is 32.2. The Hall–Kier alpha value is -2.72. The Morgan fingerprint density at radius 2 is 1.88 bits per heavy atom. The van der Waals surface area contributed by atoms with E-state index in [-0.39, 0.29) is 35.2 Å². The Kier molecular flexibility index (Phi) is 6.11. The van der Waals surface area contributed by atoms with Crippen LogP contribution in [0.2, 0.25) is 0 Å². The lowest BCUT2D eigenvalue weighted by Crippen LogP contribution is -2.29. The van der Waals surface area contributed by atoms with E-state index in [0.717, 1.165) is 0 Å². The van der Waals surface area contributed by atoms with Gasteiger partial charge in [0.15, 0.2) is 5.76 Å². The first-order chi connectivity index (χ1) is 12.3. The van der Waals surface area contributed by atoms with Crippen molar-refractivity contribution in [3.63, 3.8) is 0 Å². The van der Waals surface area contributed by atoms with Gasteiger partial charge in [-0.25, -0.2) is 13.1 Å². The summed E-state index contributed by atoms with van der Waals surface area (Å²) in [6, 6.07) is 6.53. The summed E-state index contributed by atoms with van der Waals surface area (Å²) in [5.74, 6) is -0.582. The van der Waals surface area contributed by atoms with Crippen molar-refractivity contribution in [1.29, 1.82) is 0 Å². The van der Waals surface area contributed by atoms with E-state index in [1.165, 1.54) is 20.9 Å². The second-order valence-corrected chi connectivity index (χ2v) is 7.18. The number of amides is 2. The van der Waals surface area contributed by atoms with Gasteiger partial charge in [-0.2, -0.15) is 0 Å². The molecule has 0 bridgehead atoms. The lowest BCUT2D eigenvalue weighted by Gasteiger charge is -2.10. The fraction of sp³-hybridized carbons (Fsp3) is 0.312. The minimum atomic E-state index is -3.82. The third-order valence-corrected chi connectivity index (χ3v) is 5.26. The first-order valence-corrected chi connectivity index (χ1v) is 9.28. The molecule has 0 atom stereocenters. The number of nitrogens with one attached hydrogen (secondary N) is 3. The molecule has 1 heterocycles. The van der Waals surface area contributed by atoms with Crippen molar-refractivity contribution in [2.75, 3.05) is 18.9 Å². The normalized spacial score (nSPS) is 11.2. The molecule has 0 saturated heterocycles. The number of anilines is 1. The van der Waals surface area contributed by atoms with Gasteiger partial charge in [0.25, 0.3) is 5.91 Å². The van der Waals surface area contributed by atoms with Crippen LogP contribution < -0.4 is 15.4 Å². The standard InChI is InChI=1S/C16H20N4O5S/c1-10-15(11(2)25-20-10)26(23,24)18-9-8-14(21)19-13-7-5-4-6-12(13)16(22)17-3/h4-7,18H,8-9H2,1-3H3,(H,17,22)(H,19,21). The largest absolute Gasteiger partial charge is 0.360 e. The molecule has 0 aliphatic heterocycles. The molecule has 26 heavy (non-hydrogen) atoms. The number of carbonyl (C=O) groups excluding carboxylic acids is 2. The van der Waals surface area contributed by atoms with E-state index < -0.39 is 15.9 Å². The lowest BCUT2D eigenvalue weighted by atomic mass is 10.1. The van der Waals surface area contributed by atoms with Crippen LogP contribution in [0, 0.1) is 13.8 Å². The molecule has 10 heteroatoms. The van der Waals surface area contributed by atoms with Gasteiger partial charge in [0.05, 0.1) is 11.3 Å². The third kappa shape index (κ3) is 4.46. The van der Waals surface area contributed by atoms with Gasteiger partial charge in [0, 0.05) is 20.0 Å². The van der Waals surface area contributed by atoms with Crippen molar-refractivity contribution in [1.82, 2.24) is 15.2 Å². The Labute approximate surface area is 151 Å². The van der Waals surface area contributed by atoms with E-state index in [2.05, 4.69) is 20.5 Å². The Balaban J connectivity index is 1.97. The van der Waals surface area contributed by atoms with E-state index >= 15 is 0 Å². The average molecular weight is 380 g/mol. The SMILES string of the molecule is CNC(=O)c1ccccc1NC(=O)CCNS(=O)(=O)c1c(C)noc1C. The fourth-order valence-corrected chi connectivity index (χ4v) is 3.72. The molecule has 0 radical (unpaired) electrons. The molecule has 140 valence electrons. The molecule has 0 unspecified atom stereocenters. The maximum Gasteiger partial charge on any atom is 0.253 e. The lowest BCUT2D eigenvalue weighted by molar-refractivity contribution is -0.116. The minimum absolute atomic E-state index is 0.0251. The zero-order chi connectivity index (χ0) is 19.3. The number of aromatic nitrogens is 1. The van der Waals surface area contributed by atoms with Crippen molar-refractivity contribution in [3.8, 4) is 0 Å². The third-order valence-electron chi connectivity index (χ3n) is 3.55. The van der Waals surface area contributed by atoms with E-state index in [0.29, 0.717) is 11.3 Å². The predicted molar refractivity (Wildman–Crippen MR) is 94.2 cm³/mol. The molecular weight excluding hydrogens is 360 g/mol. The number of rotatable bonds is 7. The van der Waals surface area contributed by atoms with Crippen LogP contribution in [0.1, 0.15) is 28.2 Å². The summed E-state index contributed by atoms with van der Waals surface area (Å²) in [5, 5.41) is 8.70. The van der Waals surface area contributed by atoms with Gasteiger partial charge < -0.3 is 15.2 Å². The van der Waals surface area contributed by atoms with Gasteiger partial charge in [-0.3, -0.25) is 9.59 Å². The van der Waals surface area contributed by atoms with Crippen molar-refractivity contribution in [3.05, 3.63) is 41.3 Å². The van der Waals surface area contributed by atoms with Gasteiger partial charge in [-0.15, -0.1) is 0 Å². The van der Waals surface area contributed by atoms with E-state index in [1.54, 1.807) is 24.3 Å². The van der Waals surface area contributed by atoms with Gasteiger partial charge in [0.2, 0.25) is 15.9 Å². The van der Waals surface area contributed by atoms with Crippen molar-refractivity contribution < 1.29 is 22.5 Å². The molecule has 1 aromatic carbocycles. The number of nitrogens with zero attached hydrogens (tertiary/aromatic N) is 1. The molecular formula is C16H20N4O5S. The maximum atomic E-state index is 12.3. The maximum absolute atomic E-state index is 12.3. The van der Waals surface area contributed by atoms with E-state index in [4.69, 9.17) is 4.52 Å². The van der Waals surface area contributed by atoms with Crippen molar-refractivity contribution >= 4 is 27.5 Å². The number of para-hydroxylation sites is 1. The quantitative estimate of drug-likeness (QED) is 0.656. The summed E-state index contributed by atoms with van der Waals surface area (Å²) in [4.78, 5) is 23.8. The predicted octanol–water partition coefficient (Wildman–Crippen LogP) is 0.958. The van der Waals surface area contributed by atoms with Crippen LogP contribution in [0.5, 0.6) is 0 Å². The Morgan fingerprint density at radius 1 is 1.19 bits per heavy atom. The minimum Gasteiger partial charge on any atom is -0.360 e. The average Bonchev–Trinajstić information content (AvgIpc) is 2.93. The van der Waals surface area contributed by atoms with Gasteiger partial charge in [-0.05, 0) is 26.0 Å². The summed E-state index contributed by atoms with van der Waals surface area (Å²) in [6.45, 7) is 2.91. The fourth-order valence-electron chi connectivity index (χ4n) is 2.37. The van der Waals surface area contributed by atoms with Crippen molar-refractivity contribution in [2.24, 2.45) is 0 Å².